The van der Waals surface area contributed by atoms with E-state index in [1.54, 1.807) is 0 Å². The summed E-state index contributed by atoms with van der Waals surface area (Å²) < 4.78 is 1.86. The van der Waals surface area contributed by atoms with Crippen LogP contribution in [0, 0.1) is 36.5 Å². The Balaban J connectivity index is 1.33. The number of likely N-dealkylation sites (tertiary alicyclic amines) is 1. The third-order valence-corrected chi connectivity index (χ3v) is 10.6. The summed E-state index contributed by atoms with van der Waals surface area (Å²) in [6.45, 7) is 6.10. The highest BCUT2D eigenvalue weighted by atomic mass is 16.2. The zero-order chi connectivity index (χ0) is 28.4. The number of benzene rings is 2. The molecule has 2 aliphatic heterocycles. The van der Waals surface area contributed by atoms with Crippen molar-refractivity contribution in [1.29, 1.82) is 0 Å². The lowest BCUT2D eigenvalue weighted by Crippen LogP contribution is -2.43. The molecule has 0 N–H and O–H groups in total. The Hall–Kier alpha value is -3.32. The maximum absolute atomic E-state index is 14.0. The van der Waals surface area contributed by atoms with E-state index in [1.165, 1.54) is 36.8 Å². The van der Waals surface area contributed by atoms with Crippen LogP contribution in [0.15, 0.2) is 42.5 Å². The molecule has 214 valence electrons. The van der Waals surface area contributed by atoms with E-state index in [4.69, 9.17) is 10.1 Å². The van der Waals surface area contributed by atoms with E-state index in [0.29, 0.717) is 29.4 Å². The molecule has 2 saturated carbocycles. The van der Waals surface area contributed by atoms with Crippen LogP contribution in [0.5, 0.6) is 0 Å². The largest absolute Gasteiger partial charge is 0.315 e. The van der Waals surface area contributed by atoms with Gasteiger partial charge in [-0.1, -0.05) is 37.5 Å². The maximum Gasteiger partial charge on any atom is 0.230 e. The van der Waals surface area contributed by atoms with Crippen LogP contribution in [0.2, 0.25) is 0 Å². The molecule has 2 aliphatic carbocycles. The molecule has 7 heteroatoms. The van der Waals surface area contributed by atoms with Crippen molar-refractivity contribution in [3.63, 3.8) is 0 Å². The molecular weight excluding hydrogens is 510 g/mol. The summed E-state index contributed by atoms with van der Waals surface area (Å²) in [7, 11) is 4.05. The van der Waals surface area contributed by atoms with E-state index in [1.807, 2.05) is 22.7 Å². The van der Waals surface area contributed by atoms with Crippen molar-refractivity contribution in [1.82, 2.24) is 19.7 Å². The van der Waals surface area contributed by atoms with Crippen LogP contribution in [0.3, 0.4) is 0 Å². The number of carbonyl (C=O) groups excluding carboxylic acids is 2. The topological polar surface area (TPSA) is 71.3 Å². The predicted octanol–water partition coefficient (Wildman–Crippen LogP) is 5.90. The van der Waals surface area contributed by atoms with Crippen LogP contribution in [-0.4, -0.2) is 58.5 Å². The molecule has 2 aromatic carbocycles. The Kier molecular flexibility index (Phi) is 6.61. The number of ketones is 1. The van der Waals surface area contributed by atoms with Crippen LogP contribution >= 0.6 is 0 Å². The first-order chi connectivity index (χ1) is 19.8. The second-order valence-corrected chi connectivity index (χ2v) is 13.2. The minimum absolute atomic E-state index is 0.00343. The van der Waals surface area contributed by atoms with E-state index in [2.05, 4.69) is 62.2 Å². The van der Waals surface area contributed by atoms with Crippen molar-refractivity contribution in [2.45, 2.75) is 58.3 Å². The molecule has 1 saturated heterocycles. The number of hydrogen-bond donors (Lipinski definition) is 0. The molecule has 3 fully saturated rings. The minimum atomic E-state index is -0.0575. The van der Waals surface area contributed by atoms with Crippen LogP contribution in [0.1, 0.15) is 73.1 Å². The Labute approximate surface area is 242 Å². The average Bonchev–Trinajstić information content (AvgIpc) is 3.71. The first-order valence-electron chi connectivity index (χ1n) is 15.5. The summed E-state index contributed by atoms with van der Waals surface area (Å²) in [5.74, 6) is 2.74. The van der Waals surface area contributed by atoms with Gasteiger partial charge in [0.05, 0.1) is 5.69 Å². The normalized spacial score (nSPS) is 28.3. The van der Waals surface area contributed by atoms with Gasteiger partial charge in [0, 0.05) is 49.1 Å². The van der Waals surface area contributed by atoms with E-state index in [-0.39, 0.29) is 29.4 Å². The van der Waals surface area contributed by atoms with Crippen molar-refractivity contribution < 1.29 is 9.59 Å². The highest BCUT2D eigenvalue weighted by molar-refractivity contribution is 5.99. The molecule has 7 nitrogen and oxygen atoms in total. The Bertz CT molecular complexity index is 1470. The van der Waals surface area contributed by atoms with Gasteiger partial charge in [-0.3, -0.25) is 9.59 Å². The number of anilines is 1. The lowest BCUT2D eigenvalue weighted by molar-refractivity contribution is -0.123. The predicted molar refractivity (Wildman–Crippen MR) is 160 cm³/mol. The quantitative estimate of drug-likeness (QED) is 0.369. The molecule has 3 aromatic rings. The first-order valence-corrected chi connectivity index (χ1v) is 15.5. The van der Waals surface area contributed by atoms with Crippen molar-refractivity contribution in [2.24, 2.45) is 29.6 Å². The van der Waals surface area contributed by atoms with Crippen LogP contribution in [-0.2, 0) is 4.79 Å². The number of carbonyl (C=O) groups is 2. The summed E-state index contributed by atoms with van der Waals surface area (Å²) in [6, 6.07) is 14.6. The fraction of sp³-hybridized carbons (Fsp3) is 0.529. The monoisotopic (exact) mass is 551 g/mol. The molecule has 0 radical (unpaired) electrons. The van der Waals surface area contributed by atoms with Gasteiger partial charge >= 0.3 is 0 Å². The maximum atomic E-state index is 14.0. The number of piperidine rings is 1. The van der Waals surface area contributed by atoms with E-state index >= 15 is 0 Å². The highest BCUT2D eigenvalue weighted by Crippen LogP contribution is 2.49. The van der Waals surface area contributed by atoms with Crippen LogP contribution < -0.4 is 4.90 Å². The van der Waals surface area contributed by atoms with Gasteiger partial charge in [-0.15, -0.1) is 5.10 Å². The first kappa shape index (κ1) is 26.6. The van der Waals surface area contributed by atoms with E-state index < -0.39 is 0 Å². The molecule has 1 aromatic heterocycles. The summed E-state index contributed by atoms with van der Waals surface area (Å²) in [5.41, 5.74) is 5.23. The fourth-order valence-electron chi connectivity index (χ4n) is 8.60. The second kappa shape index (κ2) is 10.2. The summed E-state index contributed by atoms with van der Waals surface area (Å²) in [6.07, 6.45) is 7.03. The number of aromatic nitrogens is 3. The van der Waals surface area contributed by atoms with Gasteiger partial charge in [0.15, 0.2) is 5.82 Å². The van der Waals surface area contributed by atoms with Gasteiger partial charge in [-0.2, -0.15) is 0 Å². The Morgan fingerprint density at radius 3 is 2.27 bits per heavy atom. The van der Waals surface area contributed by atoms with E-state index in [9.17, 15) is 9.59 Å². The van der Waals surface area contributed by atoms with Crippen LogP contribution in [0.4, 0.5) is 5.69 Å². The molecule has 3 unspecified atom stereocenters. The van der Waals surface area contributed by atoms with Crippen molar-refractivity contribution in [2.75, 3.05) is 32.1 Å². The summed E-state index contributed by atoms with van der Waals surface area (Å²) >= 11 is 0. The number of Topliss-reactive ketones (excluding diaryl/α,β-unsaturated/α-hetero) is 1. The number of rotatable bonds is 5. The van der Waals surface area contributed by atoms with Gasteiger partial charge in [0.2, 0.25) is 17.5 Å². The highest BCUT2D eigenvalue weighted by Gasteiger charge is 2.46. The fourth-order valence-corrected chi connectivity index (χ4v) is 8.60. The molecule has 2 bridgehead atoms. The van der Waals surface area contributed by atoms with Crippen molar-refractivity contribution in [3.8, 4) is 17.1 Å². The van der Waals surface area contributed by atoms with Gasteiger partial charge in [-0.05, 0) is 93.3 Å². The molecule has 3 heterocycles. The Morgan fingerprint density at radius 2 is 1.59 bits per heavy atom. The number of nitrogens with zero attached hydrogens (tertiary/aromatic N) is 5. The number of aryl methyl sites for hydroxylation is 1. The van der Waals surface area contributed by atoms with Crippen molar-refractivity contribution in [3.05, 3.63) is 59.4 Å². The summed E-state index contributed by atoms with van der Waals surface area (Å²) in [4.78, 5) is 36.5. The zero-order valence-corrected chi connectivity index (χ0v) is 24.7. The van der Waals surface area contributed by atoms with Crippen molar-refractivity contribution >= 4 is 17.4 Å². The minimum Gasteiger partial charge on any atom is -0.315 e. The van der Waals surface area contributed by atoms with Gasteiger partial charge in [0.25, 0.3) is 0 Å². The second-order valence-electron chi connectivity index (χ2n) is 13.2. The van der Waals surface area contributed by atoms with Gasteiger partial charge < -0.3 is 9.80 Å². The number of amides is 1. The molecule has 4 aliphatic rings. The third-order valence-electron chi connectivity index (χ3n) is 10.6. The van der Waals surface area contributed by atoms with E-state index in [0.717, 1.165) is 42.9 Å². The standard InChI is InChI=1S/C34H41N5O2/c1-20-9-14-26(15-10-20)39-33(35-32(36-39)31(40)30-24-11-12-25(30)19-37(3)18-24)23-13-16-28-27(17-23)29(22-7-5-6-8-22)21(2)34(41)38(28)4/h9-10,13-17,21-22,24-25,29-30H,5-8,11-12,18-19H2,1-4H3/t21-,24?,25?,29?,30?/m0/s1. The smallest absolute Gasteiger partial charge is 0.230 e. The molecule has 41 heavy (non-hydrogen) atoms. The third kappa shape index (κ3) is 4.44. The van der Waals surface area contributed by atoms with Crippen LogP contribution in [0.25, 0.3) is 17.1 Å². The number of hydrogen-bond acceptors (Lipinski definition) is 5. The van der Waals surface area contributed by atoms with Gasteiger partial charge in [-0.25, -0.2) is 9.67 Å². The SMILES string of the molecule is Cc1ccc(-n2nc(C(=O)C3C4CCC3CN(C)C4)nc2-c2ccc3c(c2)C(C2CCCC2)[C@H](C)C(=O)N3C)cc1. The lowest BCUT2D eigenvalue weighted by Gasteiger charge is -2.39. The molecule has 7 rings (SSSR count). The van der Waals surface area contributed by atoms with Gasteiger partial charge in [0.1, 0.15) is 0 Å². The average molecular weight is 552 g/mol. The lowest BCUT2D eigenvalue weighted by atomic mass is 9.73. The molecule has 1 amide bonds. The Morgan fingerprint density at radius 1 is 0.902 bits per heavy atom. The molecule has 4 atom stereocenters. The molecule has 0 spiro atoms. The molecular formula is C34H41N5O2. The zero-order valence-electron chi connectivity index (χ0n) is 24.7. The summed E-state index contributed by atoms with van der Waals surface area (Å²) in [5, 5.41) is 4.91. The number of fused-ring (bicyclic) bond motifs is 3.